The first-order valence-corrected chi connectivity index (χ1v) is 7.31. The average Bonchev–Trinajstić information content (AvgIpc) is 2.97. The summed E-state index contributed by atoms with van der Waals surface area (Å²) in [5.74, 6) is -0.793. The van der Waals surface area contributed by atoms with Crippen LogP contribution in [0.25, 0.3) is 0 Å². The fourth-order valence-electron chi connectivity index (χ4n) is 3.04. The van der Waals surface area contributed by atoms with Gasteiger partial charge < -0.3 is 15.4 Å². The lowest BCUT2D eigenvalue weighted by molar-refractivity contribution is 0.0185. The fraction of sp³-hybridized carbons (Fsp3) is 0.533. The number of nitrogens with zero attached hydrogens (tertiary/aromatic N) is 2. The van der Waals surface area contributed by atoms with Gasteiger partial charge in [0.2, 0.25) is 0 Å². The van der Waals surface area contributed by atoms with Crippen molar-refractivity contribution in [1.82, 2.24) is 9.80 Å². The molecular formula is C15H20FN3O2. The summed E-state index contributed by atoms with van der Waals surface area (Å²) in [6, 6.07) is 4.58. The van der Waals surface area contributed by atoms with Gasteiger partial charge in [0, 0.05) is 37.9 Å². The Morgan fingerprint density at radius 3 is 2.76 bits per heavy atom. The van der Waals surface area contributed by atoms with E-state index in [1.165, 1.54) is 12.1 Å². The minimum atomic E-state index is -0.546. The number of nitrogens with two attached hydrogens (primary N) is 1. The Labute approximate surface area is 123 Å². The number of rotatable bonds is 2. The molecule has 1 atom stereocenters. The summed E-state index contributed by atoms with van der Waals surface area (Å²) >= 11 is 0. The van der Waals surface area contributed by atoms with Crippen LogP contribution in [0.4, 0.5) is 10.1 Å². The number of nitrogen functional groups attached to an aromatic ring is 1. The van der Waals surface area contributed by atoms with Crippen molar-refractivity contribution in [3.63, 3.8) is 0 Å². The highest BCUT2D eigenvalue weighted by Crippen LogP contribution is 2.21. The van der Waals surface area contributed by atoms with Crippen molar-refractivity contribution < 1.29 is 13.9 Å². The van der Waals surface area contributed by atoms with E-state index in [-0.39, 0.29) is 11.5 Å². The molecule has 6 heteroatoms. The molecule has 5 nitrogen and oxygen atoms in total. The van der Waals surface area contributed by atoms with Crippen LogP contribution < -0.4 is 5.73 Å². The van der Waals surface area contributed by atoms with Crippen molar-refractivity contribution in [1.29, 1.82) is 0 Å². The van der Waals surface area contributed by atoms with E-state index in [4.69, 9.17) is 10.5 Å². The van der Waals surface area contributed by atoms with Crippen molar-refractivity contribution in [2.24, 2.45) is 0 Å². The van der Waals surface area contributed by atoms with Gasteiger partial charge in [0.15, 0.2) is 0 Å². The standard InChI is InChI=1S/C15H20FN3O2/c16-14-9-11(17)1-2-13(14)15(20)19-4-3-12(10-19)18-5-7-21-8-6-18/h1-2,9,12H,3-8,10,17H2. The van der Waals surface area contributed by atoms with Crippen LogP contribution >= 0.6 is 0 Å². The number of hydrogen-bond acceptors (Lipinski definition) is 4. The van der Waals surface area contributed by atoms with E-state index in [9.17, 15) is 9.18 Å². The van der Waals surface area contributed by atoms with Crippen LogP contribution in [0.5, 0.6) is 0 Å². The highest BCUT2D eigenvalue weighted by atomic mass is 19.1. The lowest BCUT2D eigenvalue weighted by Gasteiger charge is -2.32. The molecule has 0 aromatic heterocycles. The highest BCUT2D eigenvalue weighted by Gasteiger charge is 2.32. The summed E-state index contributed by atoms with van der Waals surface area (Å²) in [6.07, 6.45) is 0.933. The molecule has 21 heavy (non-hydrogen) atoms. The maximum Gasteiger partial charge on any atom is 0.256 e. The molecule has 1 unspecified atom stereocenters. The topological polar surface area (TPSA) is 58.8 Å². The molecule has 3 rings (SSSR count). The monoisotopic (exact) mass is 293 g/mol. The molecule has 2 heterocycles. The maximum absolute atomic E-state index is 13.9. The molecular weight excluding hydrogens is 273 g/mol. The zero-order chi connectivity index (χ0) is 14.8. The van der Waals surface area contributed by atoms with E-state index in [0.29, 0.717) is 24.8 Å². The third kappa shape index (κ3) is 3.01. The second-order valence-corrected chi connectivity index (χ2v) is 5.58. The van der Waals surface area contributed by atoms with Crippen LogP contribution in [0.1, 0.15) is 16.8 Å². The summed E-state index contributed by atoms with van der Waals surface area (Å²) in [6.45, 7) is 4.63. The van der Waals surface area contributed by atoms with E-state index in [2.05, 4.69) is 4.90 Å². The molecule has 1 aromatic carbocycles. The van der Waals surface area contributed by atoms with E-state index in [0.717, 1.165) is 32.7 Å². The average molecular weight is 293 g/mol. The van der Waals surface area contributed by atoms with Crippen LogP contribution in [-0.2, 0) is 4.74 Å². The highest BCUT2D eigenvalue weighted by molar-refractivity contribution is 5.95. The number of benzene rings is 1. The quantitative estimate of drug-likeness (QED) is 0.825. The molecule has 2 N–H and O–H groups in total. The first kappa shape index (κ1) is 14.3. The number of morpholine rings is 1. The summed E-state index contributed by atoms with van der Waals surface area (Å²) in [4.78, 5) is 16.5. The molecule has 0 aliphatic carbocycles. The minimum absolute atomic E-state index is 0.104. The predicted octanol–water partition coefficient (Wildman–Crippen LogP) is 0.955. The molecule has 114 valence electrons. The lowest BCUT2D eigenvalue weighted by Crippen LogP contribution is -2.45. The zero-order valence-corrected chi connectivity index (χ0v) is 11.9. The number of amides is 1. The van der Waals surface area contributed by atoms with Gasteiger partial charge in [-0.3, -0.25) is 9.69 Å². The van der Waals surface area contributed by atoms with Gasteiger partial charge in [0.1, 0.15) is 5.82 Å². The molecule has 2 aliphatic rings. The Kier molecular flexibility index (Phi) is 4.07. The maximum atomic E-state index is 13.9. The van der Waals surface area contributed by atoms with Gasteiger partial charge in [-0.2, -0.15) is 0 Å². The van der Waals surface area contributed by atoms with E-state index >= 15 is 0 Å². The van der Waals surface area contributed by atoms with Gasteiger partial charge in [-0.25, -0.2) is 4.39 Å². The first-order chi connectivity index (χ1) is 10.1. The second kappa shape index (κ2) is 5.99. The summed E-state index contributed by atoms with van der Waals surface area (Å²) in [5.41, 5.74) is 5.95. The number of halogens is 1. The Morgan fingerprint density at radius 2 is 2.05 bits per heavy atom. The third-order valence-corrected chi connectivity index (χ3v) is 4.24. The Bertz CT molecular complexity index is 532. The first-order valence-electron chi connectivity index (χ1n) is 7.31. The van der Waals surface area contributed by atoms with Crippen LogP contribution in [0, 0.1) is 5.82 Å². The van der Waals surface area contributed by atoms with Gasteiger partial charge >= 0.3 is 0 Å². The van der Waals surface area contributed by atoms with Crippen molar-refractivity contribution in [3.05, 3.63) is 29.6 Å². The van der Waals surface area contributed by atoms with Gasteiger partial charge in [-0.05, 0) is 24.6 Å². The van der Waals surface area contributed by atoms with Crippen LogP contribution in [0.15, 0.2) is 18.2 Å². The number of hydrogen-bond donors (Lipinski definition) is 1. The number of likely N-dealkylation sites (tertiary alicyclic amines) is 1. The molecule has 2 fully saturated rings. The van der Waals surface area contributed by atoms with Gasteiger partial charge in [0.05, 0.1) is 18.8 Å². The minimum Gasteiger partial charge on any atom is -0.399 e. The molecule has 2 aliphatic heterocycles. The van der Waals surface area contributed by atoms with Crippen LogP contribution in [-0.4, -0.2) is 61.1 Å². The van der Waals surface area contributed by atoms with Gasteiger partial charge in [0.25, 0.3) is 5.91 Å². The van der Waals surface area contributed by atoms with E-state index in [1.54, 1.807) is 11.0 Å². The SMILES string of the molecule is Nc1ccc(C(=O)N2CCC(N3CCOCC3)C2)c(F)c1. The zero-order valence-electron chi connectivity index (χ0n) is 11.9. The molecule has 0 bridgehead atoms. The lowest BCUT2D eigenvalue weighted by atomic mass is 10.1. The Hall–Kier alpha value is -1.66. The Morgan fingerprint density at radius 1 is 1.29 bits per heavy atom. The van der Waals surface area contributed by atoms with Crippen LogP contribution in [0.2, 0.25) is 0 Å². The van der Waals surface area contributed by atoms with Crippen LogP contribution in [0.3, 0.4) is 0 Å². The number of ether oxygens (including phenoxy) is 1. The van der Waals surface area contributed by atoms with Crippen molar-refractivity contribution in [2.75, 3.05) is 45.1 Å². The number of carbonyl (C=O) groups excluding carboxylic acids is 1. The fourth-order valence-corrected chi connectivity index (χ4v) is 3.04. The molecule has 1 amide bonds. The summed E-state index contributed by atoms with van der Waals surface area (Å²) in [7, 11) is 0. The Balaban J connectivity index is 1.66. The van der Waals surface area contributed by atoms with Crippen molar-refractivity contribution in [3.8, 4) is 0 Å². The molecule has 0 radical (unpaired) electrons. The molecule has 2 saturated heterocycles. The largest absolute Gasteiger partial charge is 0.399 e. The molecule has 0 saturated carbocycles. The van der Waals surface area contributed by atoms with Gasteiger partial charge in [-0.15, -0.1) is 0 Å². The van der Waals surface area contributed by atoms with Crippen molar-refractivity contribution in [2.45, 2.75) is 12.5 Å². The number of anilines is 1. The summed E-state index contributed by atoms with van der Waals surface area (Å²) < 4.78 is 19.2. The van der Waals surface area contributed by atoms with Crippen molar-refractivity contribution >= 4 is 11.6 Å². The number of carbonyl (C=O) groups is 1. The van der Waals surface area contributed by atoms with E-state index in [1.807, 2.05) is 0 Å². The second-order valence-electron chi connectivity index (χ2n) is 5.58. The molecule has 0 spiro atoms. The summed E-state index contributed by atoms with van der Waals surface area (Å²) in [5, 5.41) is 0. The van der Waals surface area contributed by atoms with E-state index < -0.39 is 5.82 Å². The normalized spacial score (nSPS) is 23.5. The third-order valence-electron chi connectivity index (χ3n) is 4.24. The smallest absolute Gasteiger partial charge is 0.256 e. The van der Waals surface area contributed by atoms with Gasteiger partial charge in [-0.1, -0.05) is 0 Å². The predicted molar refractivity (Wildman–Crippen MR) is 77.5 cm³/mol. The molecule has 1 aromatic rings.